The minimum absolute atomic E-state index is 0.240. The molecule has 0 bridgehead atoms. The van der Waals surface area contributed by atoms with Crippen LogP contribution in [0.5, 0.6) is 0 Å². The maximum absolute atomic E-state index is 10.1. The Morgan fingerprint density at radius 2 is 2.33 bits per heavy atom. The summed E-state index contributed by atoms with van der Waals surface area (Å²) in [4.78, 5) is 0. The van der Waals surface area contributed by atoms with Gasteiger partial charge in [0.15, 0.2) is 0 Å². The van der Waals surface area contributed by atoms with Gasteiger partial charge in [-0.15, -0.1) is 0 Å². The molecule has 0 saturated heterocycles. The lowest BCUT2D eigenvalue weighted by molar-refractivity contribution is 0.159. The van der Waals surface area contributed by atoms with E-state index in [1.165, 1.54) is 0 Å². The fraction of sp³-hybridized carbons (Fsp3) is 0.857. The van der Waals surface area contributed by atoms with Gasteiger partial charge in [-0.25, -0.2) is 5.11 Å². The molecule has 2 heteroatoms. The van der Waals surface area contributed by atoms with Gasteiger partial charge >= 0.3 is 0 Å². The van der Waals surface area contributed by atoms with E-state index in [0.29, 0.717) is 0 Å². The number of hydrogen-bond donors (Lipinski definition) is 0. The van der Waals surface area contributed by atoms with Gasteiger partial charge < -0.3 is 0 Å². The minimum atomic E-state index is -0.245. The molecular formula is C7H12NO. The van der Waals surface area contributed by atoms with E-state index in [1.54, 1.807) is 0 Å². The van der Waals surface area contributed by atoms with Crippen LogP contribution in [-0.2, 0) is 5.11 Å². The van der Waals surface area contributed by atoms with Gasteiger partial charge in [0.1, 0.15) is 0 Å². The number of hydrogen-bond acceptors (Lipinski definition) is 1. The van der Waals surface area contributed by atoms with Crippen LogP contribution in [0.3, 0.4) is 0 Å². The molecule has 0 fully saturated rings. The predicted molar refractivity (Wildman–Crippen MR) is 34.2 cm³/mol. The zero-order valence-corrected chi connectivity index (χ0v) is 5.76. The first-order chi connectivity index (χ1) is 4.35. The van der Waals surface area contributed by atoms with E-state index < -0.39 is 0 Å². The van der Waals surface area contributed by atoms with Gasteiger partial charge in [-0.3, -0.25) is 0 Å². The van der Waals surface area contributed by atoms with E-state index >= 15 is 0 Å². The Hall–Kier alpha value is -0.550. The van der Waals surface area contributed by atoms with Crippen molar-refractivity contribution < 1.29 is 5.11 Å². The average Bonchev–Trinajstić information content (AvgIpc) is 1.91. The second kappa shape index (κ2) is 5.58. The van der Waals surface area contributed by atoms with Crippen molar-refractivity contribution in [1.29, 1.82) is 5.26 Å². The summed E-state index contributed by atoms with van der Waals surface area (Å²) < 4.78 is 0. The van der Waals surface area contributed by atoms with E-state index in [4.69, 9.17) is 5.26 Å². The second-order valence-electron chi connectivity index (χ2n) is 2.13. The maximum atomic E-state index is 10.1. The van der Waals surface area contributed by atoms with Crippen LogP contribution in [0.4, 0.5) is 0 Å². The van der Waals surface area contributed by atoms with Crippen LogP contribution in [0.15, 0.2) is 0 Å². The van der Waals surface area contributed by atoms with Gasteiger partial charge in [0, 0.05) is 0 Å². The van der Waals surface area contributed by atoms with Gasteiger partial charge in [-0.1, -0.05) is 19.8 Å². The Bertz CT molecular complexity index is 95.6. The second-order valence-corrected chi connectivity index (χ2v) is 2.13. The van der Waals surface area contributed by atoms with Gasteiger partial charge in [0.05, 0.1) is 18.6 Å². The molecule has 0 amide bonds. The molecule has 9 heavy (non-hydrogen) atoms. The molecule has 0 aliphatic carbocycles. The van der Waals surface area contributed by atoms with E-state index in [0.717, 1.165) is 19.3 Å². The van der Waals surface area contributed by atoms with E-state index in [-0.39, 0.29) is 12.5 Å². The van der Waals surface area contributed by atoms with Crippen LogP contribution in [0.25, 0.3) is 0 Å². The Kier molecular flexibility index (Phi) is 5.24. The van der Waals surface area contributed by atoms with E-state index in [2.05, 4.69) is 6.92 Å². The Labute approximate surface area is 56.1 Å². The maximum Gasteiger partial charge on any atom is 0.0980 e. The molecule has 0 spiro atoms. The van der Waals surface area contributed by atoms with E-state index in [9.17, 15) is 5.11 Å². The van der Waals surface area contributed by atoms with Gasteiger partial charge in [0.25, 0.3) is 0 Å². The van der Waals surface area contributed by atoms with Crippen LogP contribution in [0.1, 0.15) is 26.2 Å². The highest BCUT2D eigenvalue weighted by Crippen LogP contribution is 2.05. The summed E-state index contributed by atoms with van der Waals surface area (Å²) in [5.41, 5.74) is 0. The Morgan fingerprint density at radius 1 is 1.67 bits per heavy atom. The van der Waals surface area contributed by atoms with Crippen molar-refractivity contribution in [3.8, 4) is 6.07 Å². The van der Waals surface area contributed by atoms with Crippen molar-refractivity contribution in [3.05, 3.63) is 0 Å². The number of nitrogens with zero attached hydrogens (tertiary/aromatic N) is 1. The highest BCUT2D eigenvalue weighted by molar-refractivity contribution is 4.81. The molecular weight excluding hydrogens is 114 g/mol. The SMILES string of the molecule is CCCCC(C#N)C[O]. The Morgan fingerprint density at radius 3 is 2.67 bits per heavy atom. The molecule has 0 aromatic rings. The molecule has 0 N–H and O–H groups in total. The van der Waals surface area contributed by atoms with Crippen molar-refractivity contribution in [2.75, 3.05) is 6.61 Å². The number of nitriles is 1. The summed E-state index contributed by atoms with van der Waals surface area (Å²) >= 11 is 0. The summed E-state index contributed by atoms with van der Waals surface area (Å²) in [5, 5.41) is 18.4. The van der Waals surface area contributed by atoms with Crippen LogP contribution < -0.4 is 0 Å². The third kappa shape index (κ3) is 3.99. The third-order valence-corrected chi connectivity index (χ3v) is 1.29. The summed E-state index contributed by atoms with van der Waals surface area (Å²) in [5.74, 6) is -0.245. The molecule has 0 rings (SSSR count). The van der Waals surface area contributed by atoms with Crippen LogP contribution in [-0.4, -0.2) is 6.61 Å². The lowest BCUT2D eigenvalue weighted by Crippen LogP contribution is -2.00. The number of rotatable bonds is 4. The molecule has 0 saturated carbocycles. The van der Waals surface area contributed by atoms with Crippen LogP contribution in [0.2, 0.25) is 0 Å². The van der Waals surface area contributed by atoms with Crippen molar-refractivity contribution in [1.82, 2.24) is 0 Å². The summed E-state index contributed by atoms with van der Waals surface area (Å²) in [6.07, 6.45) is 2.84. The molecule has 51 valence electrons. The van der Waals surface area contributed by atoms with Gasteiger partial charge in [-0.05, 0) is 6.42 Å². The molecule has 1 unspecified atom stereocenters. The molecule has 0 aliphatic rings. The minimum Gasteiger partial charge on any atom is -0.235 e. The molecule has 1 radical (unpaired) electrons. The molecule has 1 atom stereocenters. The standard InChI is InChI=1S/C7H12NO/c1-2-3-4-7(5-8)6-9/h7H,2-4,6H2,1H3. The zero-order chi connectivity index (χ0) is 7.11. The first kappa shape index (κ1) is 8.45. The lowest BCUT2D eigenvalue weighted by atomic mass is 10.1. The lowest BCUT2D eigenvalue weighted by Gasteiger charge is -1.99. The smallest absolute Gasteiger partial charge is 0.0980 e. The fourth-order valence-electron chi connectivity index (χ4n) is 0.636. The highest BCUT2D eigenvalue weighted by Gasteiger charge is 2.03. The van der Waals surface area contributed by atoms with Gasteiger partial charge in [-0.2, -0.15) is 5.26 Å². The highest BCUT2D eigenvalue weighted by atomic mass is 16.3. The zero-order valence-electron chi connectivity index (χ0n) is 5.76. The Balaban J connectivity index is 3.23. The quantitative estimate of drug-likeness (QED) is 0.565. The molecule has 0 aromatic heterocycles. The normalized spacial score (nSPS) is 12.6. The largest absolute Gasteiger partial charge is 0.235 e. The fourth-order valence-corrected chi connectivity index (χ4v) is 0.636. The average molecular weight is 126 g/mol. The van der Waals surface area contributed by atoms with E-state index in [1.807, 2.05) is 6.07 Å². The first-order valence-electron chi connectivity index (χ1n) is 3.32. The summed E-state index contributed by atoms with van der Waals surface area (Å²) in [6, 6.07) is 1.97. The van der Waals surface area contributed by atoms with Crippen molar-refractivity contribution in [3.63, 3.8) is 0 Å². The topological polar surface area (TPSA) is 43.7 Å². The van der Waals surface area contributed by atoms with Crippen molar-refractivity contribution in [2.24, 2.45) is 5.92 Å². The third-order valence-electron chi connectivity index (χ3n) is 1.29. The molecule has 2 nitrogen and oxygen atoms in total. The van der Waals surface area contributed by atoms with Crippen molar-refractivity contribution in [2.45, 2.75) is 26.2 Å². The predicted octanol–water partition coefficient (Wildman–Crippen LogP) is 1.75. The molecule has 0 aromatic carbocycles. The molecule has 0 heterocycles. The van der Waals surface area contributed by atoms with Gasteiger partial charge in [0.2, 0.25) is 0 Å². The molecule has 0 aliphatic heterocycles. The number of unbranched alkanes of at least 4 members (excludes halogenated alkanes) is 1. The summed E-state index contributed by atoms with van der Waals surface area (Å²) in [7, 11) is 0. The van der Waals surface area contributed by atoms with Crippen molar-refractivity contribution >= 4 is 0 Å². The van der Waals surface area contributed by atoms with Crippen LogP contribution in [0, 0.1) is 17.2 Å². The van der Waals surface area contributed by atoms with Crippen LogP contribution >= 0.6 is 0 Å². The monoisotopic (exact) mass is 126 g/mol. The first-order valence-corrected chi connectivity index (χ1v) is 3.32. The summed E-state index contributed by atoms with van der Waals surface area (Å²) in [6.45, 7) is 1.82.